The van der Waals surface area contributed by atoms with Crippen LogP contribution in [0.1, 0.15) is 49.0 Å². The minimum absolute atomic E-state index is 0.125. The Hall–Kier alpha value is -1.68. The highest BCUT2D eigenvalue weighted by Crippen LogP contribution is 2.72. The molecule has 6 rings (SSSR count). The quantitative estimate of drug-likeness (QED) is 0.780. The van der Waals surface area contributed by atoms with Gasteiger partial charge in [0.2, 0.25) is 0 Å². The predicted molar refractivity (Wildman–Crippen MR) is 93.1 cm³/mol. The van der Waals surface area contributed by atoms with E-state index in [1.165, 1.54) is 24.0 Å². The van der Waals surface area contributed by atoms with Crippen molar-refractivity contribution in [3.63, 3.8) is 0 Å². The molecule has 1 aliphatic carbocycles. The minimum atomic E-state index is -0.125. The molecule has 128 valence electrons. The molecule has 0 bridgehead atoms. The molecule has 2 aromatic rings. The number of hydrogen-bond donors (Lipinski definition) is 0. The second-order valence-corrected chi connectivity index (χ2v) is 7.86. The van der Waals surface area contributed by atoms with E-state index in [1.54, 1.807) is 0 Å². The average Bonchev–Trinajstić information content (AvgIpc) is 3.56. The van der Waals surface area contributed by atoms with Crippen molar-refractivity contribution in [1.29, 1.82) is 0 Å². The van der Waals surface area contributed by atoms with Gasteiger partial charge in [-0.05, 0) is 24.0 Å². The Morgan fingerprint density at radius 3 is 1.52 bits per heavy atom. The molecule has 4 aliphatic rings. The van der Waals surface area contributed by atoms with Crippen molar-refractivity contribution < 1.29 is 14.2 Å². The summed E-state index contributed by atoms with van der Waals surface area (Å²) in [5.41, 5.74) is 2.29. The van der Waals surface area contributed by atoms with Crippen molar-refractivity contribution in [3.05, 3.63) is 71.8 Å². The van der Waals surface area contributed by atoms with Gasteiger partial charge < -0.3 is 14.2 Å². The Morgan fingerprint density at radius 2 is 1.08 bits per heavy atom. The zero-order valence-electron chi connectivity index (χ0n) is 14.1. The zero-order valence-corrected chi connectivity index (χ0v) is 14.1. The monoisotopic (exact) mass is 334 g/mol. The fourth-order valence-electron chi connectivity index (χ4n) is 5.21. The molecular weight excluding hydrogens is 312 g/mol. The normalized spacial score (nSPS) is 44.0. The van der Waals surface area contributed by atoms with Gasteiger partial charge in [0.25, 0.3) is 0 Å². The van der Waals surface area contributed by atoms with Crippen LogP contribution < -0.4 is 0 Å². The third-order valence-electron chi connectivity index (χ3n) is 6.54. The lowest BCUT2D eigenvalue weighted by Gasteiger charge is -2.22. The first kappa shape index (κ1) is 14.5. The molecule has 3 saturated heterocycles. The maximum absolute atomic E-state index is 6.55. The van der Waals surface area contributed by atoms with Crippen molar-refractivity contribution in [2.24, 2.45) is 0 Å². The summed E-state index contributed by atoms with van der Waals surface area (Å²) in [5, 5.41) is 0. The van der Waals surface area contributed by atoms with E-state index in [2.05, 4.69) is 60.7 Å². The van der Waals surface area contributed by atoms with Gasteiger partial charge in [-0.1, -0.05) is 73.5 Å². The summed E-state index contributed by atoms with van der Waals surface area (Å²) in [6.07, 6.45) is 5.42. The highest BCUT2D eigenvalue weighted by Gasteiger charge is 2.85. The molecule has 25 heavy (non-hydrogen) atoms. The van der Waals surface area contributed by atoms with Crippen LogP contribution in [0.15, 0.2) is 60.7 Å². The third kappa shape index (κ3) is 1.97. The number of rotatable bonds is 4. The average molecular weight is 334 g/mol. The molecule has 0 unspecified atom stereocenters. The van der Waals surface area contributed by atoms with E-state index in [0.717, 1.165) is 12.8 Å². The minimum Gasteiger partial charge on any atom is -0.361 e. The number of benzene rings is 2. The van der Waals surface area contributed by atoms with Gasteiger partial charge >= 0.3 is 0 Å². The number of fused-ring (bicyclic) bond motifs is 1. The van der Waals surface area contributed by atoms with Crippen LogP contribution in [-0.2, 0) is 14.2 Å². The van der Waals surface area contributed by atoms with E-state index in [0.29, 0.717) is 0 Å². The Labute approximate surface area is 147 Å². The first-order chi connectivity index (χ1) is 12.3. The number of epoxide rings is 3. The summed E-state index contributed by atoms with van der Waals surface area (Å²) < 4.78 is 18.9. The van der Waals surface area contributed by atoms with Crippen LogP contribution in [0, 0.1) is 0 Å². The summed E-state index contributed by atoms with van der Waals surface area (Å²) in [6.45, 7) is 0. The molecule has 3 nitrogen and oxygen atoms in total. The third-order valence-corrected chi connectivity index (χ3v) is 6.54. The molecule has 6 atom stereocenters. The van der Waals surface area contributed by atoms with Crippen molar-refractivity contribution in [1.82, 2.24) is 0 Å². The van der Waals surface area contributed by atoms with Gasteiger partial charge in [0.15, 0.2) is 0 Å². The van der Waals surface area contributed by atoms with E-state index in [1.807, 2.05) is 0 Å². The first-order valence-corrected chi connectivity index (χ1v) is 9.45. The summed E-state index contributed by atoms with van der Waals surface area (Å²) in [6, 6.07) is 21.1. The number of hydrogen-bond acceptors (Lipinski definition) is 3. The smallest absolute Gasteiger partial charge is 0.130 e. The molecule has 0 spiro atoms. The van der Waals surface area contributed by atoms with Crippen molar-refractivity contribution >= 4 is 0 Å². The molecule has 0 amide bonds. The van der Waals surface area contributed by atoms with Crippen LogP contribution in [0.4, 0.5) is 0 Å². The van der Waals surface area contributed by atoms with Gasteiger partial charge in [-0.25, -0.2) is 0 Å². The predicted octanol–water partition coefficient (Wildman–Crippen LogP) is 4.35. The molecule has 3 heteroatoms. The van der Waals surface area contributed by atoms with Gasteiger partial charge in [-0.15, -0.1) is 0 Å². The lowest BCUT2D eigenvalue weighted by Crippen LogP contribution is -2.39. The van der Waals surface area contributed by atoms with Gasteiger partial charge in [0.05, 0.1) is 0 Å². The van der Waals surface area contributed by atoms with E-state index >= 15 is 0 Å². The Kier molecular flexibility index (Phi) is 2.86. The molecule has 0 aromatic heterocycles. The molecule has 3 heterocycles. The topological polar surface area (TPSA) is 37.6 Å². The SMILES string of the molecule is c1ccc([C@H]2O[C@@H]2[C@@]23CCCC[C@]2([C@H]2O[C@@H]2c2ccccc2)O3)cc1. The fraction of sp³-hybridized carbons (Fsp3) is 0.455. The lowest BCUT2D eigenvalue weighted by atomic mass is 9.73. The van der Waals surface area contributed by atoms with E-state index in [-0.39, 0.29) is 35.6 Å². The number of ether oxygens (including phenoxy) is 3. The Bertz CT molecular complexity index is 724. The summed E-state index contributed by atoms with van der Waals surface area (Å²) in [5.74, 6) is 0. The molecule has 1 saturated carbocycles. The molecular formula is C22H22O3. The van der Waals surface area contributed by atoms with Gasteiger partial charge in [0, 0.05) is 0 Å². The van der Waals surface area contributed by atoms with Crippen molar-refractivity contribution in [2.45, 2.75) is 61.3 Å². The molecule has 0 N–H and O–H groups in total. The van der Waals surface area contributed by atoms with Crippen molar-refractivity contribution in [3.8, 4) is 0 Å². The van der Waals surface area contributed by atoms with Crippen LogP contribution in [-0.4, -0.2) is 23.4 Å². The Balaban J connectivity index is 1.26. The van der Waals surface area contributed by atoms with E-state index < -0.39 is 0 Å². The van der Waals surface area contributed by atoms with Crippen molar-refractivity contribution in [2.75, 3.05) is 0 Å². The summed E-state index contributed by atoms with van der Waals surface area (Å²) in [4.78, 5) is 0. The van der Waals surface area contributed by atoms with Crippen LogP contribution >= 0.6 is 0 Å². The molecule has 4 fully saturated rings. The van der Waals surface area contributed by atoms with Crippen LogP contribution in [0.5, 0.6) is 0 Å². The van der Waals surface area contributed by atoms with Gasteiger partial charge in [-0.2, -0.15) is 0 Å². The molecule has 0 radical (unpaired) electrons. The standard InChI is InChI=1S/C22H22O3/c1-3-9-15(10-4-1)17-19(23-17)21-13-7-8-14-22(21,25-21)20-18(24-20)16-11-5-2-6-12-16/h1-6,9-12,17-20H,7-8,13-14H2/t17-,18-,19+,20+,21-,22+/m1/s1. The highest BCUT2D eigenvalue weighted by atomic mass is 16.7. The van der Waals surface area contributed by atoms with E-state index in [9.17, 15) is 0 Å². The van der Waals surface area contributed by atoms with Crippen LogP contribution in [0.3, 0.4) is 0 Å². The second-order valence-electron chi connectivity index (χ2n) is 7.86. The second kappa shape index (κ2) is 4.94. The fourth-order valence-corrected chi connectivity index (χ4v) is 5.21. The zero-order chi connectivity index (χ0) is 16.5. The Morgan fingerprint density at radius 1 is 0.640 bits per heavy atom. The van der Waals surface area contributed by atoms with Crippen LogP contribution in [0.25, 0.3) is 0 Å². The molecule has 3 aliphatic heterocycles. The largest absolute Gasteiger partial charge is 0.361 e. The summed E-state index contributed by atoms with van der Waals surface area (Å²) >= 11 is 0. The summed E-state index contributed by atoms with van der Waals surface area (Å²) in [7, 11) is 0. The van der Waals surface area contributed by atoms with Crippen LogP contribution in [0.2, 0.25) is 0 Å². The van der Waals surface area contributed by atoms with Gasteiger partial charge in [0.1, 0.15) is 35.6 Å². The highest BCUT2D eigenvalue weighted by molar-refractivity contribution is 5.37. The first-order valence-electron chi connectivity index (χ1n) is 9.45. The lowest BCUT2D eigenvalue weighted by molar-refractivity contribution is 0.209. The maximum Gasteiger partial charge on any atom is 0.130 e. The van der Waals surface area contributed by atoms with Gasteiger partial charge in [-0.3, -0.25) is 0 Å². The van der Waals surface area contributed by atoms with E-state index in [4.69, 9.17) is 14.2 Å². The maximum atomic E-state index is 6.55. The molecule has 2 aromatic carbocycles.